The number of aryl methyl sites for hydroxylation is 1. The minimum atomic E-state index is -0.512. The second-order valence-electron chi connectivity index (χ2n) is 3.48. The molecule has 0 amide bonds. The van der Waals surface area contributed by atoms with Crippen molar-refractivity contribution >= 4 is 17.2 Å². The molecule has 0 aliphatic rings. The zero-order valence-corrected chi connectivity index (χ0v) is 8.95. The number of nitrogens with zero attached hydrogens (tertiary/aromatic N) is 1. The molecule has 1 aromatic carbocycles. The van der Waals surface area contributed by atoms with Crippen molar-refractivity contribution in [2.45, 2.75) is 6.92 Å². The molecule has 1 aromatic heterocycles. The highest BCUT2D eigenvalue weighted by Crippen LogP contribution is 2.27. The normalized spacial score (nSPS) is 10.4. The van der Waals surface area contributed by atoms with Gasteiger partial charge in [-0.05, 0) is 19.1 Å². The molecule has 0 N–H and O–H groups in total. The van der Waals surface area contributed by atoms with E-state index in [0.29, 0.717) is 23.1 Å². The second kappa shape index (κ2) is 3.89. The number of rotatable bonds is 2. The van der Waals surface area contributed by atoms with Crippen molar-refractivity contribution < 1.29 is 13.9 Å². The standard InChI is InChI=1S/C12H10FNO2/c1-7-3-11(16-2)9-4-8(6-15)5-10(13)12(9)14-7/h3-6H,1-2H3. The van der Waals surface area contributed by atoms with Crippen LogP contribution in [0.1, 0.15) is 16.1 Å². The largest absolute Gasteiger partial charge is 0.496 e. The molecule has 4 heteroatoms. The third kappa shape index (κ3) is 1.62. The van der Waals surface area contributed by atoms with Crippen LogP contribution in [-0.4, -0.2) is 18.4 Å². The zero-order chi connectivity index (χ0) is 11.7. The predicted octanol–water partition coefficient (Wildman–Crippen LogP) is 2.50. The average Bonchev–Trinajstić information content (AvgIpc) is 2.28. The van der Waals surface area contributed by atoms with Gasteiger partial charge < -0.3 is 4.74 Å². The van der Waals surface area contributed by atoms with Crippen LogP contribution in [0, 0.1) is 12.7 Å². The first-order chi connectivity index (χ1) is 7.65. The van der Waals surface area contributed by atoms with Crippen molar-refractivity contribution in [3.05, 3.63) is 35.3 Å². The first-order valence-corrected chi connectivity index (χ1v) is 4.75. The maximum absolute atomic E-state index is 13.7. The number of carbonyl (C=O) groups excluding carboxylic acids is 1. The number of fused-ring (bicyclic) bond motifs is 1. The van der Waals surface area contributed by atoms with Gasteiger partial charge in [0.25, 0.3) is 0 Å². The molecule has 0 saturated heterocycles. The lowest BCUT2D eigenvalue weighted by Gasteiger charge is -2.07. The molecular weight excluding hydrogens is 209 g/mol. The maximum Gasteiger partial charge on any atom is 0.150 e. The van der Waals surface area contributed by atoms with E-state index in [9.17, 15) is 9.18 Å². The highest BCUT2D eigenvalue weighted by atomic mass is 19.1. The summed E-state index contributed by atoms with van der Waals surface area (Å²) >= 11 is 0. The van der Waals surface area contributed by atoms with Gasteiger partial charge in [0.2, 0.25) is 0 Å². The zero-order valence-electron chi connectivity index (χ0n) is 8.95. The number of ether oxygens (including phenoxy) is 1. The van der Waals surface area contributed by atoms with Crippen LogP contribution >= 0.6 is 0 Å². The monoisotopic (exact) mass is 219 g/mol. The Balaban J connectivity index is 2.88. The first kappa shape index (κ1) is 10.5. The molecule has 0 fully saturated rings. The van der Waals surface area contributed by atoms with E-state index < -0.39 is 5.82 Å². The number of aromatic nitrogens is 1. The molecule has 82 valence electrons. The van der Waals surface area contributed by atoms with E-state index in [4.69, 9.17) is 4.74 Å². The van der Waals surface area contributed by atoms with E-state index in [1.54, 1.807) is 19.1 Å². The van der Waals surface area contributed by atoms with E-state index >= 15 is 0 Å². The molecule has 0 saturated carbocycles. The Kier molecular flexibility index (Phi) is 2.56. The molecule has 0 atom stereocenters. The molecule has 3 nitrogen and oxygen atoms in total. The van der Waals surface area contributed by atoms with Crippen LogP contribution in [-0.2, 0) is 0 Å². The fraction of sp³-hybridized carbons (Fsp3) is 0.167. The maximum atomic E-state index is 13.7. The first-order valence-electron chi connectivity index (χ1n) is 4.75. The van der Waals surface area contributed by atoms with Gasteiger partial charge in [0, 0.05) is 22.7 Å². The van der Waals surface area contributed by atoms with Crippen molar-refractivity contribution in [2.24, 2.45) is 0 Å². The molecule has 0 aliphatic heterocycles. The number of halogens is 1. The average molecular weight is 219 g/mol. The van der Waals surface area contributed by atoms with E-state index in [2.05, 4.69) is 4.98 Å². The smallest absolute Gasteiger partial charge is 0.150 e. The molecule has 16 heavy (non-hydrogen) atoms. The van der Waals surface area contributed by atoms with Crippen LogP contribution in [0.15, 0.2) is 18.2 Å². The Hall–Kier alpha value is -1.97. The summed E-state index contributed by atoms with van der Waals surface area (Å²) in [6, 6.07) is 4.44. The van der Waals surface area contributed by atoms with Crippen molar-refractivity contribution in [3.63, 3.8) is 0 Å². The van der Waals surface area contributed by atoms with Gasteiger partial charge in [-0.2, -0.15) is 0 Å². The summed E-state index contributed by atoms with van der Waals surface area (Å²) in [4.78, 5) is 14.7. The van der Waals surface area contributed by atoms with Gasteiger partial charge in [-0.3, -0.25) is 4.79 Å². The molecule has 0 spiro atoms. The lowest BCUT2D eigenvalue weighted by atomic mass is 10.1. The second-order valence-corrected chi connectivity index (χ2v) is 3.48. The molecule has 0 bridgehead atoms. The summed E-state index contributed by atoms with van der Waals surface area (Å²) in [6.07, 6.45) is 0.599. The van der Waals surface area contributed by atoms with Gasteiger partial charge in [-0.25, -0.2) is 9.37 Å². The molecule has 1 heterocycles. The van der Waals surface area contributed by atoms with E-state index in [-0.39, 0.29) is 11.1 Å². The van der Waals surface area contributed by atoms with Crippen LogP contribution in [0.4, 0.5) is 4.39 Å². The van der Waals surface area contributed by atoms with Crippen LogP contribution in [0.3, 0.4) is 0 Å². The lowest BCUT2D eigenvalue weighted by Crippen LogP contribution is -1.94. The number of aldehydes is 1. The van der Waals surface area contributed by atoms with E-state index in [1.807, 2.05) is 0 Å². The van der Waals surface area contributed by atoms with Gasteiger partial charge in [0.15, 0.2) is 0 Å². The molecule has 0 aliphatic carbocycles. The van der Waals surface area contributed by atoms with Crippen LogP contribution in [0.5, 0.6) is 5.75 Å². The minimum absolute atomic E-state index is 0.224. The van der Waals surface area contributed by atoms with Gasteiger partial charge in [-0.15, -0.1) is 0 Å². The van der Waals surface area contributed by atoms with Crippen molar-refractivity contribution in [1.29, 1.82) is 0 Å². The summed E-state index contributed by atoms with van der Waals surface area (Å²) in [5.74, 6) is 0.00620. The van der Waals surface area contributed by atoms with Crippen LogP contribution < -0.4 is 4.74 Å². The third-order valence-corrected chi connectivity index (χ3v) is 2.34. The molecule has 0 radical (unpaired) electrons. The number of methoxy groups -OCH3 is 1. The molecule has 0 unspecified atom stereocenters. The van der Waals surface area contributed by atoms with Gasteiger partial charge in [0.05, 0.1) is 7.11 Å². The highest BCUT2D eigenvalue weighted by molar-refractivity contribution is 5.91. The fourth-order valence-electron chi connectivity index (χ4n) is 1.63. The number of benzene rings is 1. The predicted molar refractivity (Wildman–Crippen MR) is 58.4 cm³/mol. The Morgan fingerprint density at radius 3 is 2.75 bits per heavy atom. The highest BCUT2D eigenvalue weighted by Gasteiger charge is 2.10. The third-order valence-electron chi connectivity index (χ3n) is 2.34. The topological polar surface area (TPSA) is 39.2 Å². The molecular formula is C12H10FNO2. The lowest BCUT2D eigenvalue weighted by molar-refractivity contribution is 0.112. The molecule has 2 aromatic rings. The van der Waals surface area contributed by atoms with Gasteiger partial charge in [0.1, 0.15) is 23.4 Å². The van der Waals surface area contributed by atoms with Crippen LogP contribution in [0.25, 0.3) is 10.9 Å². The summed E-state index contributed by atoms with van der Waals surface area (Å²) < 4.78 is 18.8. The fourth-order valence-corrected chi connectivity index (χ4v) is 1.63. The van der Waals surface area contributed by atoms with Gasteiger partial charge >= 0.3 is 0 Å². The Labute approximate surface area is 91.9 Å². The number of carbonyl (C=O) groups is 1. The number of hydrogen-bond acceptors (Lipinski definition) is 3. The SMILES string of the molecule is COc1cc(C)nc2c(F)cc(C=O)cc12. The van der Waals surface area contributed by atoms with Crippen molar-refractivity contribution in [3.8, 4) is 5.75 Å². The minimum Gasteiger partial charge on any atom is -0.496 e. The van der Waals surface area contributed by atoms with E-state index in [0.717, 1.165) is 0 Å². The quantitative estimate of drug-likeness (QED) is 0.728. The Bertz CT molecular complexity index is 566. The van der Waals surface area contributed by atoms with Crippen LogP contribution in [0.2, 0.25) is 0 Å². The summed E-state index contributed by atoms with van der Waals surface area (Å²) in [6.45, 7) is 1.76. The Morgan fingerprint density at radius 2 is 2.12 bits per heavy atom. The van der Waals surface area contributed by atoms with Gasteiger partial charge in [-0.1, -0.05) is 0 Å². The number of hydrogen-bond donors (Lipinski definition) is 0. The Morgan fingerprint density at radius 1 is 1.38 bits per heavy atom. The summed E-state index contributed by atoms with van der Waals surface area (Å²) in [7, 11) is 1.50. The van der Waals surface area contributed by atoms with Crippen molar-refractivity contribution in [2.75, 3.05) is 7.11 Å². The van der Waals surface area contributed by atoms with Crippen molar-refractivity contribution in [1.82, 2.24) is 4.98 Å². The van der Waals surface area contributed by atoms with E-state index in [1.165, 1.54) is 13.2 Å². The summed E-state index contributed by atoms with van der Waals surface area (Å²) in [5.41, 5.74) is 1.17. The molecule has 2 rings (SSSR count). The number of pyridine rings is 1. The summed E-state index contributed by atoms with van der Waals surface area (Å²) in [5, 5.41) is 0.509.